The fourth-order valence-corrected chi connectivity index (χ4v) is 4.74. The van der Waals surface area contributed by atoms with Crippen LogP contribution in [-0.2, 0) is 11.8 Å². The fourth-order valence-electron chi connectivity index (χ4n) is 3.80. The molecule has 9 heteroatoms. The van der Waals surface area contributed by atoms with Crippen molar-refractivity contribution in [3.8, 4) is 0 Å². The van der Waals surface area contributed by atoms with Crippen molar-refractivity contribution in [1.82, 2.24) is 20.1 Å². The van der Waals surface area contributed by atoms with Crippen LogP contribution in [0.1, 0.15) is 52.8 Å². The summed E-state index contributed by atoms with van der Waals surface area (Å²) in [6, 6.07) is 10.6. The second-order valence-electron chi connectivity index (χ2n) is 8.69. The Labute approximate surface area is 209 Å². The fraction of sp³-hybridized carbons (Fsp3) is 0.360. The summed E-state index contributed by atoms with van der Waals surface area (Å²) >= 11 is 7.48. The number of carbonyl (C=O) groups excluding carboxylic acids is 2. The predicted octanol–water partition coefficient (Wildman–Crippen LogP) is 5.25. The standard InChI is InChI=1S/C25H30ClN5O2S/c1-14(2)21(28-24(33)18-9-7-8-10-19(18)26)23-29-30-25(31(23)6)34-13-20(32)27-22-16(4)11-15(3)12-17(22)5/h7-12,14,21H,13H2,1-6H3,(H,27,32)(H,28,33)/t21-/m0/s1. The molecule has 34 heavy (non-hydrogen) atoms. The summed E-state index contributed by atoms with van der Waals surface area (Å²) in [6.45, 7) is 10.0. The number of rotatable bonds is 8. The second kappa shape index (κ2) is 11.1. The van der Waals surface area contributed by atoms with Crippen LogP contribution in [0.4, 0.5) is 5.69 Å². The SMILES string of the molecule is Cc1cc(C)c(NC(=O)CSc2nnc([C@@H](NC(=O)c3ccccc3Cl)C(C)C)n2C)c(C)c1. The van der Waals surface area contributed by atoms with Crippen molar-refractivity contribution >= 4 is 40.9 Å². The van der Waals surface area contributed by atoms with Crippen molar-refractivity contribution in [2.75, 3.05) is 11.1 Å². The van der Waals surface area contributed by atoms with E-state index < -0.39 is 0 Å². The van der Waals surface area contributed by atoms with Crippen molar-refractivity contribution in [2.24, 2.45) is 13.0 Å². The van der Waals surface area contributed by atoms with Gasteiger partial charge in [-0.3, -0.25) is 9.59 Å². The van der Waals surface area contributed by atoms with Gasteiger partial charge in [-0.15, -0.1) is 10.2 Å². The maximum Gasteiger partial charge on any atom is 0.253 e. The van der Waals surface area contributed by atoms with Gasteiger partial charge in [0.15, 0.2) is 11.0 Å². The first-order valence-corrected chi connectivity index (χ1v) is 12.4. The molecule has 0 bridgehead atoms. The monoisotopic (exact) mass is 499 g/mol. The molecule has 0 aliphatic heterocycles. The Morgan fingerprint density at radius 2 is 1.74 bits per heavy atom. The molecule has 0 radical (unpaired) electrons. The average Bonchev–Trinajstić information content (AvgIpc) is 3.13. The van der Waals surface area contributed by atoms with E-state index in [4.69, 9.17) is 11.6 Å². The van der Waals surface area contributed by atoms with Crippen molar-refractivity contribution < 1.29 is 9.59 Å². The van der Waals surface area contributed by atoms with Crippen LogP contribution in [-0.4, -0.2) is 32.3 Å². The molecular weight excluding hydrogens is 470 g/mol. The number of aryl methyl sites for hydroxylation is 3. The molecule has 0 saturated carbocycles. The van der Waals surface area contributed by atoms with Crippen molar-refractivity contribution in [3.63, 3.8) is 0 Å². The molecule has 2 N–H and O–H groups in total. The van der Waals surface area contributed by atoms with Gasteiger partial charge in [0.05, 0.1) is 22.4 Å². The topological polar surface area (TPSA) is 88.9 Å². The third kappa shape index (κ3) is 5.98. The van der Waals surface area contributed by atoms with Gasteiger partial charge in [0.2, 0.25) is 5.91 Å². The van der Waals surface area contributed by atoms with Gasteiger partial charge in [-0.05, 0) is 49.9 Å². The van der Waals surface area contributed by atoms with Crippen LogP contribution in [0.5, 0.6) is 0 Å². The lowest BCUT2D eigenvalue weighted by Crippen LogP contribution is -2.33. The Kier molecular flexibility index (Phi) is 8.38. The number of halogens is 1. The smallest absolute Gasteiger partial charge is 0.253 e. The van der Waals surface area contributed by atoms with E-state index in [0.717, 1.165) is 22.4 Å². The Hall–Kier alpha value is -2.84. The summed E-state index contributed by atoms with van der Waals surface area (Å²) in [6.07, 6.45) is 0. The lowest BCUT2D eigenvalue weighted by atomic mass is 10.0. The molecule has 0 fully saturated rings. The van der Waals surface area contributed by atoms with Crippen LogP contribution in [0, 0.1) is 26.7 Å². The number of amides is 2. The number of anilines is 1. The van der Waals surface area contributed by atoms with Gasteiger partial charge in [-0.25, -0.2) is 0 Å². The van der Waals surface area contributed by atoms with Gasteiger partial charge in [0, 0.05) is 12.7 Å². The normalized spacial score (nSPS) is 12.0. The maximum atomic E-state index is 12.8. The maximum absolute atomic E-state index is 12.8. The summed E-state index contributed by atoms with van der Waals surface area (Å²) in [5, 5.41) is 15.6. The number of nitrogens with one attached hydrogen (secondary N) is 2. The highest BCUT2D eigenvalue weighted by Gasteiger charge is 2.26. The molecule has 3 rings (SSSR count). The minimum Gasteiger partial charge on any atom is -0.342 e. The minimum atomic E-state index is -0.373. The molecule has 0 saturated heterocycles. The highest BCUT2D eigenvalue weighted by atomic mass is 35.5. The van der Waals surface area contributed by atoms with Gasteiger partial charge < -0.3 is 15.2 Å². The molecule has 0 aliphatic carbocycles. The Morgan fingerprint density at radius 1 is 1.09 bits per heavy atom. The van der Waals surface area contributed by atoms with Gasteiger partial charge in [0.25, 0.3) is 5.91 Å². The molecule has 3 aromatic rings. The quantitative estimate of drug-likeness (QED) is 0.413. The Balaban J connectivity index is 1.69. The van der Waals surface area contributed by atoms with Gasteiger partial charge in [0.1, 0.15) is 0 Å². The lowest BCUT2D eigenvalue weighted by Gasteiger charge is -2.22. The zero-order valence-corrected chi connectivity index (χ0v) is 21.8. The average molecular weight is 500 g/mol. The number of hydrogen-bond acceptors (Lipinski definition) is 5. The zero-order valence-electron chi connectivity index (χ0n) is 20.3. The number of aromatic nitrogens is 3. The highest BCUT2D eigenvalue weighted by molar-refractivity contribution is 7.99. The van der Waals surface area contributed by atoms with E-state index in [1.165, 1.54) is 11.8 Å². The molecule has 180 valence electrons. The molecule has 7 nitrogen and oxygen atoms in total. The molecule has 0 aliphatic rings. The van der Waals surface area contributed by atoms with E-state index in [0.29, 0.717) is 21.6 Å². The molecular formula is C25H30ClN5O2S. The molecule has 0 unspecified atom stereocenters. The number of thioether (sulfide) groups is 1. The van der Waals surface area contributed by atoms with Crippen LogP contribution in [0.25, 0.3) is 0 Å². The largest absolute Gasteiger partial charge is 0.342 e. The molecule has 1 aromatic heterocycles. The molecule has 2 amide bonds. The second-order valence-corrected chi connectivity index (χ2v) is 10.0. The van der Waals surface area contributed by atoms with E-state index in [1.54, 1.807) is 24.3 Å². The van der Waals surface area contributed by atoms with E-state index in [9.17, 15) is 9.59 Å². The molecule has 0 spiro atoms. The summed E-state index contributed by atoms with van der Waals surface area (Å²) in [5.74, 6) is 0.477. The molecule has 1 atom stereocenters. The number of carbonyl (C=O) groups is 2. The predicted molar refractivity (Wildman–Crippen MR) is 138 cm³/mol. The van der Waals surface area contributed by atoms with Crippen LogP contribution >= 0.6 is 23.4 Å². The first-order valence-electron chi connectivity index (χ1n) is 11.0. The van der Waals surface area contributed by atoms with E-state index in [-0.39, 0.29) is 29.5 Å². The van der Waals surface area contributed by atoms with E-state index >= 15 is 0 Å². The third-order valence-electron chi connectivity index (χ3n) is 5.49. The summed E-state index contributed by atoms with van der Waals surface area (Å²) in [5.41, 5.74) is 4.48. The number of nitrogens with zero attached hydrogens (tertiary/aromatic N) is 3. The summed E-state index contributed by atoms with van der Waals surface area (Å²) < 4.78 is 1.82. The highest BCUT2D eigenvalue weighted by Crippen LogP contribution is 2.26. The zero-order chi connectivity index (χ0) is 25.0. The van der Waals surface area contributed by atoms with E-state index in [1.807, 2.05) is 58.4 Å². The van der Waals surface area contributed by atoms with Crippen molar-refractivity contribution in [2.45, 2.75) is 45.8 Å². The Bertz CT molecular complexity index is 1180. The molecule has 1 heterocycles. The van der Waals surface area contributed by atoms with Gasteiger partial charge in [-0.1, -0.05) is 67.0 Å². The van der Waals surface area contributed by atoms with Crippen LogP contribution in [0.3, 0.4) is 0 Å². The van der Waals surface area contributed by atoms with Crippen LogP contribution < -0.4 is 10.6 Å². The van der Waals surface area contributed by atoms with E-state index in [2.05, 4.69) is 20.8 Å². The van der Waals surface area contributed by atoms with Gasteiger partial charge >= 0.3 is 0 Å². The number of benzene rings is 2. The molecule has 2 aromatic carbocycles. The Morgan fingerprint density at radius 3 is 2.35 bits per heavy atom. The summed E-state index contributed by atoms with van der Waals surface area (Å²) in [4.78, 5) is 25.4. The summed E-state index contributed by atoms with van der Waals surface area (Å²) in [7, 11) is 1.83. The number of hydrogen-bond donors (Lipinski definition) is 2. The first kappa shape index (κ1) is 25.8. The van der Waals surface area contributed by atoms with Crippen molar-refractivity contribution in [3.05, 3.63) is 69.5 Å². The van der Waals surface area contributed by atoms with Crippen LogP contribution in [0.2, 0.25) is 5.02 Å². The van der Waals surface area contributed by atoms with Crippen molar-refractivity contribution in [1.29, 1.82) is 0 Å². The first-order chi connectivity index (χ1) is 16.1. The third-order valence-corrected chi connectivity index (χ3v) is 6.84. The van der Waals surface area contributed by atoms with Gasteiger partial charge in [-0.2, -0.15) is 0 Å². The minimum absolute atomic E-state index is 0.0583. The lowest BCUT2D eigenvalue weighted by molar-refractivity contribution is -0.113. The van der Waals surface area contributed by atoms with Crippen LogP contribution in [0.15, 0.2) is 41.6 Å².